The van der Waals surface area contributed by atoms with E-state index in [1.165, 1.54) is 70.6 Å². The third-order valence-corrected chi connectivity index (χ3v) is 5.59. The number of hydrogen-bond donors (Lipinski definition) is 2. The SMILES string of the molecule is CCCCCCCCCCCCCCCC(COP(=O)(O)O)Oc1ccccc1. The fourth-order valence-electron chi connectivity index (χ4n) is 3.44. The number of para-hydroxylation sites is 1. The van der Waals surface area contributed by atoms with Crippen LogP contribution in [0.2, 0.25) is 0 Å². The summed E-state index contributed by atoms with van der Waals surface area (Å²) < 4.78 is 21.5. The Bertz CT molecular complexity index is 531. The van der Waals surface area contributed by atoms with Gasteiger partial charge in [0.15, 0.2) is 0 Å². The Hall–Kier alpha value is -0.870. The Morgan fingerprint density at radius 2 is 1.28 bits per heavy atom. The molecule has 0 aliphatic carbocycles. The first kappa shape index (κ1) is 26.2. The fourth-order valence-corrected chi connectivity index (χ4v) is 3.80. The van der Waals surface area contributed by atoms with Gasteiger partial charge in [0.05, 0.1) is 6.61 Å². The molecule has 0 fully saturated rings. The number of phosphoric ester groups is 1. The maximum absolute atomic E-state index is 11.0. The van der Waals surface area contributed by atoms with E-state index < -0.39 is 7.82 Å². The van der Waals surface area contributed by atoms with Crippen LogP contribution in [-0.4, -0.2) is 22.5 Å². The van der Waals surface area contributed by atoms with Crippen LogP contribution in [0.5, 0.6) is 5.75 Å². The van der Waals surface area contributed by atoms with Crippen LogP contribution in [0.1, 0.15) is 96.8 Å². The van der Waals surface area contributed by atoms with Gasteiger partial charge in [0.25, 0.3) is 0 Å². The normalized spacial score (nSPS) is 12.8. The molecule has 168 valence electrons. The average Bonchev–Trinajstić information content (AvgIpc) is 2.69. The Kier molecular flexibility index (Phi) is 15.2. The quantitative estimate of drug-likeness (QED) is 0.183. The number of phosphoric acid groups is 1. The molecule has 1 aromatic rings. The Balaban J connectivity index is 2.09. The monoisotopic (exact) mass is 428 g/mol. The first-order valence-corrected chi connectivity index (χ1v) is 13.0. The zero-order valence-corrected chi connectivity index (χ0v) is 19.0. The molecule has 0 spiro atoms. The summed E-state index contributed by atoms with van der Waals surface area (Å²) in [7, 11) is -4.48. The highest BCUT2D eigenvalue weighted by Crippen LogP contribution is 2.36. The maximum Gasteiger partial charge on any atom is 0.469 e. The van der Waals surface area contributed by atoms with Crippen molar-refractivity contribution < 1.29 is 23.6 Å². The topological polar surface area (TPSA) is 76.0 Å². The minimum atomic E-state index is -4.48. The van der Waals surface area contributed by atoms with Crippen molar-refractivity contribution >= 4 is 7.82 Å². The Morgan fingerprint density at radius 3 is 1.76 bits per heavy atom. The van der Waals surface area contributed by atoms with E-state index >= 15 is 0 Å². The minimum absolute atomic E-state index is 0.0998. The molecule has 0 heterocycles. The van der Waals surface area contributed by atoms with Crippen molar-refractivity contribution in [2.45, 2.75) is 103 Å². The molecule has 0 aliphatic heterocycles. The van der Waals surface area contributed by atoms with E-state index in [-0.39, 0.29) is 12.7 Å². The maximum atomic E-state index is 11.0. The molecule has 1 rings (SSSR count). The number of benzene rings is 1. The zero-order valence-electron chi connectivity index (χ0n) is 18.1. The molecule has 29 heavy (non-hydrogen) atoms. The first-order valence-electron chi connectivity index (χ1n) is 11.4. The highest BCUT2D eigenvalue weighted by molar-refractivity contribution is 7.46. The van der Waals surface area contributed by atoms with Gasteiger partial charge in [-0.2, -0.15) is 0 Å². The van der Waals surface area contributed by atoms with Gasteiger partial charge in [-0.05, 0) is 25.0 Å². The lowest BCUT2D eigenvalue weighted by Gasteiger charge is -2.19. The van der Waals surface area contributed by atoms with Gasteiger partial charge < -0.3 is 14.5 Å². The predicted molar refractivity (Wildman–Crippen MR) is 119 cm³/mol. The van der Waals surface area contributed by atoms with E-state index in [2.05, 4.69) is 11.4 Å². The second-order valence-electron chi connectivity index (χ2n) is 7.87. The van der Waals surface area contributed by atoms with Gasteiger partial charge in [-0.3, -0.25) is 4.52 Å². The molecule has 0 bridgehead atoms. The molecule has 0 saturated heterocycles. The number of hydrogen-bond acceptors (Lipinski definition) is 3. The summed E-state index contributed by atoms with van der Waals surface area (Å²) in [6.45, 7) is 2.16. The van der Waals surface area contributed by atoms with E-state index in [1.807, 2.05) is 30.3 Å². The van der Waals surface area contributed by atoms with Crippen LogP contribution >= 0.6 is 7.82 Å². The van der Waals surface area contributed by atoms with Crippen molar-refractivity contribution in [1.29, 1.82) is 0 Å². The van der Waals surface area contributed by atoms with Gasteiger partial charge in [0, 0.05) is 0 Å². The number of rotatable bonds is 19. The fraction of sp³-hybridized carbons (Fsp3) is 0.739. The molecule has 0 radical (unpaired) electrons. The van der Waals surface area contributed by atoms with Crippen molar-refractivity contribution in [2.75, 3.05) is 6.61 Å². The van der Waals surface area contributed by atoms with Crippen molar-refractivity contribution in [3.05, 3.63) is 30.3 Å². The van der Waals surface area contributed by atoms with Gasteiger partial charge in [-0.15, -0.1) is 0 Å². The molecular formula is C23H41O5P. The molecule has 0 amide bonds. The van der Waals surface area contributed by atoms with Gasteiger partial charge in [-0.1, -0.05) is 102 Å². The largest absolute Gasteiger partial charge is 0.488 e. The van der Waals surface area contributed by atoms with Crippen molar-refractivity contribution in [1.82, 2.24) is 0 Å². The van der Waals surface area contributed by atoms with Crippen LogP contribution in [0.25, 0.3) is 0 Å². The summed E-state index contributed by atoms with van der Waals surface area (Å²) in [5.74, 6) is 0.696. The third kappa shape index (κ3) is 16.6. The summed E-state index contributed by atoms with van der Waals surface area (Å²) in [6.07, 6.45) is 17.2. The Morgan fingerprint density at radius 1 is 0.793 bits per heavy atom. The molecule has 1 unspecified atom stereocenters. The van der Waals surface area contributed by atoms with Crippen molar-refractivity contribution in [2.24, 2.45) is 0 Å². The summed E-state index contributed by atoms with van der Waals surface area (Å²) in [5.41, 5.74) is 0. The highest BCUT2D eigenvalue weighted by atomic mass is 31.2. The van der Waals surface area contributed by atoms with E-state index in [4.69, 9.17) is 14.5 Å². The average molecular weight is 429 g/mol. The second kappa shape index (κ2) is 16.9. The standard InChI is InChI=1S/C23H41O5P/c1-2-3-4-5-6-7-8-9-10-11-12-13-15-20-23(21-27-29(24,25)26)28-22-18-16-14-17-19-22/h14,16-19,23H,2-13,15,20-21H2,1H3,(H2,24,25,26). The van der Waals surface area contributed by atoms with Crippen LogP contribution in [0.4, 0.5) is 0 Å². The summed E-state index contributed by atoms with van der Waals surface area (Å²) >= 11 is 0. The lowest BCUT2D eigenvalue weighted by Crippen LogP contribution is -2.22. The lowest BCUT2D eigenvalue weighted by atomic mass is 10.0. The number of ether oxygens (including phenoxy) is 1. The highest BCUT2D eigenvalue weighted by Gasteiger charge is 2.19. The van der Waals surface area contributed by atoms with Gasteiger partial charge in [0.1, 0.15) is 11.9 Å². The van der Waals surface area contributed by atoms with Crippen molar-refractivity contribution in [3.63, 3.8) is 0 Å². The molecular weight excluding hydrogens is 387 g/mol. The molecule has 1 aromatic carbocycles. The van der Waals surface area contributed by atoms with Crippen LogP contribution in [0.15, 0.2) is 30.3 Å². The first-order chi connectivity index (χ1) is 14.0. The van der Waals surface area contributed by atoms with Crippen LogP contribution in [-0.2, 0) is 9.09 Å². The molecule has 5 nitrogen and oxygen atoms in total. The summed E-state index contributed by atoms with van der Waals surface area (Å²) in [4.78, 5) is 17.9. The zero-order chi connectivity index (χ0) is 21.2. The third-order valence-electron chi connectivity index (χ3n) is 5.10. The van der Waals surface area contributed by atoms with Crippen molar-refractivity contribution in [3.8, 4) is 5.75 Å². The predicted octanol–water partition coefficient (Wildman–Crippen LogP) is 7.02. The van der Waals surface area contributed by atoms with E-state index in [0.717, 1.165) is 19.3 Å². The van der Waals surface area contributed by atoms with Crippen LogP contribution in [0.3, 0.4) is 0 Å². The molecule has 0 aromatic heterocycles. The molecule has 0 aliphatic rings. The van der Waals surface area contributed by atoms with Crippen LogP contribution in [0, 0.1) is 0 Å². The minimum Gasteiger partial charge on any atom is -0.488 e. The lowest BCUT2D eigenvalue weighted by molar-refractivity contribution is 0.0941. The van der Waals surface area contributed by atoms with Gasteiger partial charge in [-0.25, -0.2) is 4.57 Å². The van der Waals surface area contributed by atoms with E-state index in [9.17, 15) is 4.57 Å². The molecule has 0 saturated carbocycles. The molecule has 2 N–H and O–H groups in total. The molecule has 6 heteroatoms. The Labute approximate surface area is 177 Å². The molecule has 1 atom stereocenters. The van der Waals surface area contributed by atoms with E-state index in [0.29, 0.717) is 5.75 Å². The number of unbranched alkanes of at least 4 members (excludes halogenated alkanes) is 12. The van der Waals surface area contributed by atoms with Gasteiger partial charge >= 0.3 is 7.82 Å². The smallest absolute Gasteiger partial charge is 0.469 e. The van der Waals surface area contributed by atoms with Gasteiger partial charge in [0.2, 0.25) is 0 Å². The van der Waals surface area contributed by atoms with E-state index in [1.54, 1.807) is 0 Å². The summed E-state index contributed by atoms with van der Waals surface area (Å²) in [6, 6.07) is 9.34. The summed E-state index contributed by atoms with van der Waals surface area (Å²) in [5, 5.41) is 0. The second-order valence-corrected chi connectivity index (χ2v) is 9.11. The van der Waals surface area contributed by atoms with Crippen LogP contribution < -0.4 is 4.74 Å².